The van der Waals surface area contributed by atoms with Crippen molar-refractivity contribution in [1.82, 2.24) is 0 Å². The highest BCUT2D eigenvalue weighted by molar-refractivity contribution is 9.11. The Hall–Kier alpha value is -2.11. The standard InChI is InChI=1S/C21H13Br2NO2/c22-13-7-12(8-14(23)9-13)18-16-6-5-11-3-1-2-4-15(11)20(16)24-17-10-26-21(25)19(17)18/h1-9,18,24H,10H2/t18-/m1/s1. The van der Waals surface area contributed by atoms with Gasteiger partial charge < -0.3 is 10.1 Å². The molecule has 128 valence electrons. The van der Waals surface area contributed by atoms with Gasteiger partial charge in [0.15, 0.2) is 0 Å². The maximum atomic E-state index is 12.5. The number of carbonyl (C=O) groups excluding carboxylic acids is 1. The highest BCUT2D eigenvalue weighted by Crippen LogP contribution is 2.47. The van der Waals surface area contributed by atoms with Gasteiger partial charge in [-0.2, -0.15) is 0 Å². The number of cyclic esters (lactones) is 1. The average molecular weight is 471 g/mol. The van der Waals surface area contributed by atoms with Crippen molar-refractivity contribution in [3.05, 3.63) is 85.9 Å². The van der Waals surface area contributed by atoms with E-state index in [9.17, 15) is 4.79 Å². The van der Waals surface area contributed by atoms with Gasteiger partial charge in [-0.05, 0) is 34.7 Å². The third-order valence-corrected chi connectivity index (χ3v) is 5.86. The lowest BCUT2D eigenvalue weighted by atomic mass is 9.80. The zero-order valence-electron chi connectivity index (χ0n) is 13.6. The quantitative estimate of drug-likeness (QED) is 0.461. The molecular formula is C21H13Br2NO2. The van der Waals surface area contributed by atoms with Crippen LogP contribution < -0.4 is 5.32 Å². The van der Waals surface area contributed by atoms with Crippen LogP contribution in [-0.4, -0.2) is 12.6 Å². The summed E-state index contributed by atoms with van der Waals surface area (Å²) in [5.74, 6) is -0.401. The zero-order valence-corrected chi connectivity index (χ0v) is 16.7. The number of benzene rings is 3. The summed E-state index contributed by atoms with van der Waals surface area (Å²) in [7, 11) is 0. The molecule has 3 nitrogen and oxygen atoms in total. The smallest absolute Gasteiger partial charge is 0.337 e. The average Bonchev–Trinajstić information content (AvgIpc) is 2.99. The fraction of sp³-hybridized carbons (Fsp3) is 0.0952. The Morgan fingerprint density at radius 2 is 1.77 bits per heavy atom. The van der Waals surface area contributed by atoms with Gasteiger partial charge in [-0.1, -0.05) is 68.3 Å². The molecule has 3 aromatic rings. The summed E-state index contributed by atoms with van der Waals surface area (Å²) < 4.78 is 7.29. The Balaban J connectivity index is 1.82. The van der Waals surface area contributed by atoms with Crippen molar-refractivity contribution < 1.29 is 9.53 Å². The molecule has 0 saturated carbocycles. The number of anilines is 1. The van der Waals surface area contributed by atoms with Crippen LogP contribution in [0.15, 0.2) is 74.8 Å². The fourth-order valence-electron chi connectivity index (χ4n) is 3.87. The van der Waals surface area contributed by atoms with Crippen LogP contribution in [0.4, 0.5) is 5.69 Å². The van der Waals surface area contributed by atoms with E-state index in [2.05, 4.69) is 73.6 Å². The second-order valence-electron chi connectivity index (χ2n) is 6.48. The molecule has 1 N–H and O–H groups in total. The summed E-state index contributed by atoms with van der Waals surface area (Å²) in [6, 6.07) is 18.6. The fourth-order valence-corrected chi connectivity index (χ4v) is 5.20. The Kier molecular flexibility index (Phi) is 3.69. The molecule has 2 aliphatic rings. The molecule has 2 heterocycles. The lowest BCUT2D eigenvalue weighted by Crippen LogP contribution is -2.20. The number of ether oxygens (including phenoxy) is 1. The van der Waals surface area contributed by atoms with Crippen molar-refractivity contribution in [1.29, 1.82) is 0 Å². The SMILES string of the molecule is O=C1OCC2=C1[C@H](c1cc(Br)cc(Br)c1)c1ccc3ccccc3c1N2. The molecule has 0 bridgehead atoms. The van der Waals surface area contributed by atoms with E-state index in [0.717, 1.165) is 36.8 Å². The van der Waals surface area contributed by atoms with Gasteiger partial charge in [-0.15, -0.1) is 0 Å². The molecular weight excluding hydrogens is 458 g/mol. The third-order valence-electron chi connectivity index (χ3n) is 4.95. The molecule has 5 heteroatoms. The highest BCUT2D eigenvalue weighted by atomic mass is 79.9. The number of hydrogen-bond acceptors (Lipinski definition) is 3. The topological polar surface area (TPSA) is 38.3 Å². The van der Waals surface area contributed by atoms with E-state index in [-0.39, 0.29) is 11.9 Å². The number of fused-ring (bicyclic) bond motifs is 3. The number of hydrogen-bond donors (Lipinski definition) is 1. The minimum Gasteiger partial charge on any atom is -0.456 e. The van der Waals surface area contributed by atoms with Crippen LogP contribution in [0, 0.1) is 0 Å². The second-order valence-corrected chi connectivity index (χ2v) is 8.31. The van der Waals surface area contributed by atoms with Crippen LogP contribution in [0.5, 0.6) is 0 Å². The van der Waals surface area contributed by atoms with Crippen molar-refractivity contribution >= 4 is 54.3 Å². The second kappa shape index (κ2) is 5.96. The molecule has 0 spiro atoms. The summed E-state index contributed by atoms with van der Waals surface area (Å²) >= 11 is 7.14. The maximum absolute atomic E-state index is 12.5. The van der Waals surface area contributed by atoms with Crippen molar-refractivity contribution in [2.75, 3.05) is 11.9 Å². The molecule has 2 aliphatic heterocycles. The van der Waals surface area contributed by atoms with Gasteiger partial charge in [-0.25, -0.2) is 4.79 Å². The van der Waals surface area contributed by atoms with E-state index in [0.29, 0.717) is 12.2 Å². The third kappa shape index (κ3) is 2.42. The van der Waals surface area contributed by atoms with Crippen molar-refractivity contribution in [2.24, 2.45) is 0 Å². The number of rotatable bonds is 1. The molecule has 5 rings (SSSR count). The largest absolute Gasteiger partial charge is 0.456 e. The molecule has 0 unspecified atom stereocenters. The molecule has 1 atom stereocenters. The van der Waals surface area contributed by atoms with Crippen LogP contribution in [-0.2, 0) is 9.53 Å². The minimum atomic E-state index is -0.243. The Morgan fingerprint density at radius 1 is 1.00 bits per heavy atom. The van der Waals surface area contributed by atoms with Crippen LogP contribution >= 0.6 is 31.9 Å². The van der Waals surface area contributed by atoms with E-state index in [1.54, 1.807) is 0 Å². The number of halogens is 2. The molecule has 0 aliphatic carbocycles. The Labute approximate surface area is 167 Å². The monoisotopic (exact) mass is 469 g/mol. The normalized spacial score (nSPS) is 18.4. The predicted octanol–water partition coefficient (Wildman–Crippen LogP) is 5.73. The number of carbonyl (C=O) groups is 1. The van der Waals surface area contributed by atoms with E-state index in [1.165, 1.54) is 5.39 Å². The summed E-state index contributed by atoms with van der Waals surface area (Å²) in [5, 5.41) is 5.79. The van der Waals surface area contributed by atoms with Crippen LogP contribution in [0.2, 0.25) is 0 Å². The van der Waals surface area contributed by atoms with E-state index in [1.807, 2.05) is 18.2 Å². The summed E-state index contributed by atoms with van der Waals surface area (Å²) in [4.78, 5) is 12.5. The van der Waals surface area contributed by atoms with Crippen molar-refractivity contribution in [3.63, 3.8) is 0 Å². The van der Waals surface area contributed by atoms with Gasteiger partial charge in [-0.3, -0.25) is 0 Å². The van der Waals surface area contributed by atoms with Gasteiger partial charge in [0, 0.05) is 20.2 Å². The predicted molar refractivity (Wildman–Crippen MR) is 109 cm³/mol. The summed E-state index contributed by atoms with van der Waals surface area (Å²) in [6.07, 6.45) is 0. The first-order valence-electron chi connectivity index (χ1n) is 8.26. The summed E-state index contributed by atoms with van der Waals surface area (Å²) in [6.45, 7) is 0.294. The first-order valence-corrected chi connectivity index (χ1v) is 9.85. The molecule has 0 fully saturated rings. The lowest BCUT2D eigenvalue weighted by molar-refractivity contribution is -0.136. The highest BCUT2D eigenvalue weighted by Gasteiger charge is 2.39. The molecule has 3 aromatic carbocycles. The Morgan fingerprint density at radius 3 is 2.58 bits per heavy atom. The first kappa shape index (κ1) is 16.1. The number of esters is 1. The van der Waals surface area contributed by atoms with Gasteiger partial charge >= 0.3 is 5.97 Å². The molecule has 0 saturated heterocycles. The Bertz CT molecular complexity index is 1100. The maximum Gasteiger partial charge on any atom is 0.337 e. The van der Waals surface area contributed by atoms with E-state index >= 15 is 0 Å². The van der Waals surface area contributed by atoms with E-state index in [4.69, 9.17) is 4.74 Å². The van der Waals surface area contributed by atoms with Crippen LogP contribution in [0.1, 0.15) is 17.0 Å². The van der Waals surface area contributed by atoms with Gasteiger partial charge in [0.1, 0.15) is 6.61 Å². The zero-order chi connectivity index (χ0) is 17.8. The number of nitrogens with one attached hydrogen (secondary N) is 1. The van der Waals surface area contributed by atoms with E-state index < -0.39 is 0 Å². The first-order chi connectivity index (χ1) is 12.6. The van der Waals surface area contributed by atoms with Crippen molar-refractivity contribution in [3.8, 4) is 0 Å². The van der Waals surface area contributed by atoms with Gasteiger partial charge in [0.05, 0.1) is 17.0 Å². The van der Waals surface area contributed by atoms with Crippen molar-refractivity contribution in [2.45, 2.75) is 5.92 Å². The van der Waals surface area contributed by atoms with Crippen LogP contribution in [0.3, 0.4) is 0 Å². The van der Waals surface area contributed by atoms with Gasteiger partial charge in [0.25, 0.3) is 0 Å². The molecule has 0 aromatic heterocycles. The lowest BCUT2D eigenvalue weighted by Gasteiger charge is -2.28. The molecule has 26 heavy (non-hydrogen) atoms. The van der Waals surface area contributed by atoms with Gasteiger partial charge in [0.2, 0.25) is 0 Å². The molecule has 0 radical (unpaired) electrons. The van der Waals surface area contributed by atoms with Crippen LogP contribution in [0.25, 0.3) is 10.8 Å². The summed E-state index contributed by atoms with van der Waals surface area (Å²) in [5.41, 5.74) is 4.76. The minimum absolute atomic E-state index is 0.158. The molecule has 0 amide bonds.